The fraction of sp³-hybridized carbons (Fsp3) is 0.235. The van der Waals surface area contributed by atoms with Gasteiger partial charge in [0.25, 0.3) is 5.91 Å². The van der Waals surface area contributed by atoms with Gasteiger partial charge in [-0.2, -0.15) is 0 Å². The molecule has 0 bridgehead atoms. The highest BCUT2D eigenvalue weighted by Gasteiger charge is 2.43. The molecule has 1 aromatic carbocycles. The molecule has 3 aromatic rings. The van der Waals surface area contributed by atoms with Crippen molar-refractivity contribution in [2.45, 2.75) is 18.4 Å². The van der Waals surface area contributed by atoms with Gasteiger partial charge in [0, 0.05) is 25.2 Å². The Balaban J connectivity index is 1.53. The maximum absolute atomic E-state index is 12.6. The van der Waals surface area contributed by atoms with Crippen LogP contribution >= 0.6 is 0 Å². The fourth-order valence-corrected chi connectivity index (χ4v) is 2.98. The number of hydrogen-bond donors (Lipinski definition) is 0. The van der Waals surface area contributed by atoms with Crippen molar-refractivity contribution >= 4 is 11.6 Å². The quantitative estimate of drug-likeness (QED) is 0.744. The summed E-state index contributed by atoms with van der Waals surface area (Å²) < 4.78 is 1.77. The van der Waals surface area contributed by atoms with Crippen molar-refractivity contribution in [2.24, 2.45) is 0 Å². The van der Waals surface area contributed by atoms with Gasteiger partial charge in [-0.15, -0.1) is 10.2 Å². The third kappa shape index (κ3) is 2.15. The van der Waals surface area contributed by atoms with Crippen LogP contribution in [0.1, 0.15) is 28.3 Å². The molecule has 0 radical (unpaired) electrons. The van der Waals surface area contributed by atoms with Gasteiger partial charge < -0.3 is 4.90 Å². The number of likely N-dealkylation sites (N-methyl/N-ethyl adjacent to an activating group) is 1. The predicted molar refractivity (Wildman–Crippen MR) is 82.7 cm³/mol. The molecule has 4 rings (SSSR count). The number of hydrogen-bond acceptors (Lipinski definition) is 3. The lowest BCUT2D eigenvalue weighted by atomic mass is 10.1. The minimum Gasteiger partial charge on any atom is -0.338 e. The molecule has 5 heteroatoms. The number of pyridine rings is 1. The Morgan fingerprint density at radius 3 is 2.86 bits per heavy atom. The van der Waals surface area contributed by atoms with Gasteiger partial charge in [0.15, 0.2) is 5.65 Å². The number of amides is 1. The van der Waals surface area contributed by atoms with Gasteiger partial charge in [-0.1, -0.05) is 30.3 Å². The summed E-state index contributed by atoms with van der Waals surface area (Å²) in [7, 11) is 1.88. The van der Waals surface area contributed by atoms with Crippen molar-refractivity contribution in [2.75, 3.05) is 7.05 Å². The van der Waals surface area contributed by atoms with Crippen molar-refractivity contribution in [3.63, 3.8) is 0 Å². The number of aromatic nitrogens is 3. The van der Waals surface area contributed by atoms with Crippen molar-refractivity contribution in [3.8, 4) is 0 Å². The lowest BCUT2D eigenvalue weighted by molar-refractivity contribution is 0.0782. The Labute approximate surface area is 128 Å². The third-order valence-electron chi connectivity index (χ3n) is 4.34. The predicted octanol–water partition coefficient (Wildman–Crippen LogP) is 2.36. The maximum atomic E-state index is 12.6. The van der Waals surface area contributed by atoms with Crippen molar-refractivity contribution in [3.05, 3.63) is 66.1 Å². The Bertz CT molecular complexity index is 827. The van der Waals surface area contributed by atoms with Gasteiger partial charge in [0.05, 0.1) is 5.56 Å². The van der Waals surface area contributed by atoms with E-state index in [-0.39, 0.29) is 11.9 Å². The molecule has 1 saturated carbocycles. The first-order valence-electron chi connectivity index (χ1n) is 7.35. The van der Waals surface area contributed by atoms with E-state index >= 15 is 0 Å². The molecule has 1 aliphatic rings. The second kappa shape index (κ2) is 4.94. The third-order valence-corrected chi connectivity index (χ3v) is 4.34. The number of fused-ring (bicyclic) bond motifs is 1. The molecule has 2 atom stereocenters. The van der Waals surface area contributed by atoms with E-state index < -0.39 is 0 Å². The average Bonchev–Trinajstić information content (AvgIpc) is 3.23. The zero-order valence-electron chi connectivity index (χ0n) is 12.3. The Morgan fingerprint density at radius 2 is 2.05 bits per heavy atom. The Hall–Kier alpha value is -2.69. The minimum absolute atomic E-state index is 0.0408. The van der Waals surface area contributed by atoms with E-state index in [0.717, 1.165) is 12.1 Å². The molecule has 1 aliphatic carbocycles. The summed E-state index contributed by atoms with van der Waals surface area (Å²) in [4.78, 5) is 14.5. The van der Waals surface area contributed by atoms with Gasteiger partial charge in [0.1, 0.15) is 6.33 Å². The van der Waals surface area contributed by atoms with Crippen LogP contribution in [0.3, 0.4) is 0 Å². The molecular weight excluding hydrogens is 276 g/mol. The molecule has 0 saturated heterocycles. The number of rotatable bonds is 3. The number of carbonyl (C=O) groups excluding carboxylic acids is 1. The highest BCUT2D eigenvalue weighted by molar-refractivity contribution is 5.94. The molecule has 2 unspecified atom stereocenters. The van der Waals surface area contributed by atoms with Crippen LogP contribution in [0.5, 0.6) is 0 Å². The molecule has 0 N–H and O–H groups in total. The van der Waals surface area contributed by atoms with Crippen LogP contribution in [0, 0.1) is 0 Å². The normalized spacial score (nSPS) is 20.0. The fourth-order valence-electron chi connectivity index (χ4n) is 2.98. The van der Waals surface area contributed by atoms with Crippen LogP contribution in [-0.4, -0.2) is 38.5 Å². The first kappa shape index (κ1) is 13.0. The smallest absolute Gasteiger partial charge is 0.255 e. The van der Waals surface area contributed by atoms with Crippen LogP contribution in [-0.2, 0) is 0 Å². The molecule has 22 heavy (non-hydrogen) atoms. The molecular formula is C17H16N4O. The zero-order chi connectivity index (χ0) is 15.1. The summed E-state index contributed by atoms with van der Waals surface area (Å²) in [6.45, 7) is 0. The van der Waals surface area contributed by atoms with Gasteiger partial charge in [-0.25, -0.2) is 0 Å². The summed E-state index contributed by atoms with van der Waals surface area (Å²) in [6.07, 6.45) is 4.42. The van der Waals surface area contributed by atoms with Crippen LogP contribution in [0.25, 0.3) is 5.65 Å². The van der Waals surface area contributed by atoms with Crippen molar-refractivity contribution in [1.29, 1.82) is 0 Å². The highest BCUT2D eigenvalue weighted by atomic mass is 16.2. The summed E-state index contributed by atoms with van der Waals surface area (Å²) in [6, 6.07) is 14.3. The first-order chi connectivity index (χ1) is 10.7. The highest BCUT2D eigenvalue weighted by Crippen LogP contribution is 2.44. The topological polar surface area (TPSA) is 50.5 Å². The second-order valence-corrected chi connectivity index (χ2v) is 5.75. The first-order valence-corrected chi connectivity index (χ1v) is 7.35. The van der Waals surface area contributed by atoms with Crippen molar-refractivity contribution in [1.82, 2.24) is 19.5 Å². The van der Waals surface area contributed by atoms with Gasteiger partial charge in [-0.3, -0.25) is 9.20 Å². The SMILES string of the molecule is CN(C(=O)c1ccc2nncn2c1)C1CC1c1ccccc1. The maximum Gasteiger partial charge on any atom is 0.255 e. The summed E-state index contributed by atoms with van der Waals surface area (Å²) in [5, 5.41) is 7.79. The number of benzene rings is 1. The van der Waals surface area contributed by atoms with Crippen LogP contribution in [0.4, 0.5) is 0 Å². The van der Waals surface area contributed by atoms with Gasteiger partial charge >= 0.3 is 0 Å². The molecule has 0 spiro atoms. The van der Waals surface area contributed by atoms with E-state index in [1.54, 1.807) is 16.9 Å². The van der Waals surface area contributed by atoms with E-state index in [1.165, 1.54) is 5.56 Å². The van der Waals surface area contributed by atoms with Crippen molar-refractivity contribution < 1.29 is 4.79 Å². The van der Waals surface area contributed by atoms with E-state index in [4.69, 9.17) is 0 Å². The van der Waals surface area contributed by atoms with Crippen LogP contribution in [0.2, 0.25) is 0 Å². The largest absolute Gasteiger partial charge is 0.338 e. The molecule has 1 fully saturated rings. The van der Waals surface area contributed by atoms with E-state index in [9.17, 15) is 4.79 Å². The lowest BCUT2D eigenvalue weighted by Crippen LogP contribution is -2.29. The second-order valence-electron chi connectivity index (χ2n) is 5.75. The molecule has 5 nitrogen and oxygen atoms in total. The summed E-state index contributed by atoms with van der Waals surface area (Å²) in [5.74, 6) is 0.493. The van der Waals surface area contributed by atoms with E-state index in [2.05, 4.69) is 22.3 Å². The monoisotopic (exact) mass is 292 g/mol. The minimum atomic E-state index is 0.0408. The zero-order valence-corrected chi connectivity index (χ0v) is 12.3. The number of carbonyl (C=O) groups is 1. The Kier molecular flexibility index (Phi) is 2.92. The molecule has 110 valence electrons. The summed E-state index contributed by atoms with van der Waals surface area (Å²) >= 11 is 0. The van der Waals surface area contributed by atoms with Gasteiger partial charge in [0.2, 0.25) is 0 Å². The van der Waals surface area contributed by atoms with Gasteiger partial charge in [-0.05, 0) is 24.1 Å². The molecule has 2 aromatic heterocycles. The van der Waals surface area contributed by atoms with E-state index in [1.807, 2.05) is 42.3 Å². The summed E-state index contributed by atoms with van der Waals surface area (Å²) in [5.41, 5.74) is 2.71. The average molecular weight is 292 g/mol. The number of nitrogens with zero attached hydrogens (tertiary/aromatic N) is 4. The lowest BCUT2D eigenvalue weighted by Gasteiger charge is -2.17. The standard InChI is InChI=1S/C17H16N4O/c1-20(15-9-14(15)12-5-3-2-4-6-12)17(22)13-7-8-16-19-18-11-21(16)10-13/h2-8,10-11,14-15H,9H2,1H3. The van der Waals surface area contributed by atoms with Crippen LogP contribution in [0.15, 0.2) is 55.0 Å². The Morgan fingerprint density at radius 1 is 1.23 bits per heavy atom. The van der Waals surface area contributed by atoms with E-state index in [0.29, 0.717) is 11.5 Å². The molecule has 0 aliphatic heterocycles. The molecule has 2 heterocycles. The van der Waals surface area contributed by atoms with Crippen LogP contribution < -0.4 is 0 Å². The molecule has 1 amide bonds.